The van der Waals surface area contributed by atoms with Gasteiger partial charge >= 0.3 is 0 Å². The Balaban J connectivity index is 2.75. The number of hydrogen-bond acceptors (Lipinski definition) is 3. The summed E-state index contributed by atoms with van der Waals surface area (Å²) < 4.78 is 0. The van der Waals surface area contributed by atoms with Crippen molar-refractivity contribution in [3.8, 4) is 0 Å². The van der Waals surface area contributed by atoms with Crippen LogP contribution in [0.1, 0.15) is 19.8 Å². The number of nitrogens with zero attached hydrogens (tertiary/aromatic N) is 1. The number of amides is 3. The van der Waals surface area contributed by atoms with Gasteiger partial charge in [-0.2, -0.15) is 0 Å². The van der Waals surface area contributed by atoms with Gasteiger partial charge in [0, 0.05) is 19.9 Å². The fourth-order valence-corrected chi connectivity index (χ4v) is 1.35. The fourth-order valence-electron chi connectivity index (χ4n) is 1.35. The van der Waals surface area contributed by atoms with Crippen molar-refractivity contribution >= 4 is 17.7 Å². The Bertz CT molecular complexity index is 246. The average Bonchev–Trinajstić information content (AvgIpc) is 2.44. The molecule has 3 amide bonds. The van der Waals surface area contributed by atoms with Crippen molar-refractivity contribution in [2.45, 2.75) is 25.8 Å². The summed E-state index contributed by atoms with van der Waals surface area (Å²) in [6.07, 6.45) is 0.445. The summed E-state index contributed by atoms with van der Waals surface area (Å²) in [4.78, 5) is 34.5. The second-order valence-corrected chi connectivity index (χ2v) is 2.95. The lowest BCUT2D eigenvalue weighted by atomic mass is 10.3. The minimum atomic E-state index is -0.688. The molecule has 1 N–H and O–H groups in total. The number of carbonyl (C=O) groups is 3. The van der Waals surface area contributed by atoms with Crippen LogP contribution in [0.4, 0.5) is 0 Å². The largest absolute Gasteiger partial charge is 0.357 e. The Morgan fingerprint density at radius 1 is 1.38 bits per heavy atom. The molecule has 0 bridgehead atoms. The van der Waals surface area contributed by atoms with Crippen molar-refractivity contribution in [2.24, 2.45) is 0 Å². The molecule has 72 valence electrons. The maximum atomic E-state index is 11.2. The molecule has 1 fully saturated rings. The molecule has 1 aliphatic heterocycles. The zero-order chi connectivity index (χ0) is 10.0. The minimum absolute atomic E-state index is 0.222. The van der Waals surface area contributed by atoms with Crippen LogP contribution in [0.5, 0.6) is 0 Å². The second kappa shape index (κ2) is 3.55. The molecule has 5 heteroatoms. The normalized spacial score (nSPS) is 19.1. The summed E-state index contributed by atoms with van der Waals surface area (Å²) in [5.41, 5.74) is 0. The van der Waals surface area contributed by atoms with Crippen LogP contribution < -0.4 is 5.32 Å². The van der Waals surface area contributed by atoms with Gasteiger partial charge in [0.1, 0.15) is 6.04 Å². The van der Waals surface area contributed by atoms with Gasteiger partial charge in [0.25, 0.3) is 0 Å². The molecule has 0 aliphatic carbocycles. The SMILES string of the molecule is CNC(=O)C(C)N1C(=O)CCC1=O. The molecule has 0 aromatic heterocycles. The molecule has 1 saturated heterocycles. The van der Waals surface area contributed by atoms with E-state index < -0.39 is 6.04 Å². The first kappa shape index (κ1) is 9.70. The third-order valence-electron chi connectivity index (χ3n) is 2.10. The van der Waals surface area contributed by atoms with E-state index >= 15 is 0 Å². The zero-order valence-electron chi connectivity index (χ0n) is 7.66. The van der Waals surface area contributed by atoms with E-state index in [1.165, 1.54) is 7.05 Å². The van der Waals surface area contributed by atoms with Crippen molar-refractivity contribution in [3.05, 3.63) is 0 Å². The van der Waals surface area contributed by atoms with Crippen LogP contribution in [0.3, 0.4) is 0 Å². The first-order chi connectivity index (χ1) is 6.07. The molecule has 0 aromatic carbocycles. The molecule has 5 nitrogen and oxygen atoms in total. The Kier molecular flexibility index (Phi) is 2.65. The van der Waals surface area contributed by atoms with Crippen molar-refractivity contribution < 1.29 is 14.4 Å². The van der Waals surface area contributed by atoms with E-state index in [0.29, 0.717) is 0 Å². The van der Waals surface area contributed by atoms with Crippen LogP contribution in [0.25, 0.3) is 0 Å². The maximum absolute atomic E-state index is 11.2. The highest BCUT2D eigenvalue weighted by molar-refractivity contribution is 6.05. The predicted molar refractivity (Wildman–Crippen MR) is 44.6 cm³/mol. The number of carbonyl (C=O) groups excluding carboxylic acids is 3. The third kappa shape index (κ3) is 1.68. The quantitative estimate of drug-likeness (QED) is 0.575. The lowest BCUT2D eigenvalue weighted by Crippen LogP contribution is -2.46. The number of likely N-dealkylation sites (N-methyl/N-ethyl adjacent to an activating group) is 1. The standard InChI is InChI=1S/C8H12N2O3/c1-5(8(13)9-2)10-6(11)3-4-7(10)12/h5H,3-4H2,1-2H3,(H,9,13). The lowest BCUT2D eigenvalue weighted by molar-refractivity contribution is -0.145. The van der Waals surface area contributed by atoms with Crippen molar-refractivity contribution in [1.29, 1.82) is 0 Å². The summed E-state index contributed by atoms with van der Waals surface area (Å²) in [5, 5.41) is 2.40. The topological polar surface area (TPSA) is 66.5 Å². The van der Waals surface area contributed by atoms with Gasteiger partial charge < -0.3 is 5.32 Å². The minimum Gasteiger partial charge on any atom is -0.357 e. The monoisotopic (exact) mass is 184 g/mol. The number of imide groups is 1. The molecular formula is C8H12N2O3. The molecule has 1 atom stereocenters. The van der Waals surface area contributed by atoms with Crippen LogP contribution in [-0.4, -0.2) is 35.7 Å². The predicted octanol–water partition coefficient (Wildman–Crippen LogP) is -0.730. The van der Waals surface area contributed by atoms with E-state index in [9.17, 15) is 14.4 Å². The Morgan fingerprint density at radius 3 is 2.23 bits per heavy atom. The molecule has 13 heavy (non-hydrogen) atoms. The fraction of sp³-hybridized carbons (Fsp3) is 0.625. The lowest BCUT2D eigenvalue weighted by Gasteiger charge is -2.20. The summed E-state index contributed by atoms with van der Waals surface area (Å²) in [6, 6.07) is -0.688. The van der Waals surface area contributed by atoms with E-state index in [2.05, 4.69) is 5.32 Å². The van der Waals surface area contributed by atoms with Gasteiger partial charge in [0.2, 0.25) is 17.7 Å². The van der Waals surface area contributed by atoms with Gasteiger partial charge in [0.15, 0.2) is 0 Å². The number of likely N-dealkylation sites (tertiary alicyclic amines) is 1. The summed E-state index contributed by atoms with van der Waals surface area (Å²) in [7, 11) is 1.48. The van der Waals surface area contributed by atoms with E-state index in [1.807, 2.05) is 0 Å². The van der Waals surface area contributed by atoms with Crippen molar-refractivity contribution in [1.82, 2.24) is 10.2 Å². The highest BCUT2D eigenvalue weighted by atomic mass is 16.2. The van der Waals surface area contributed by atoms with Gasteiger partial charge in [0.05, 0.1) is 0 Å². The number of nitrogens with one attached hydrogen (secondary N) is 1. The van der Waals surface area contributed by atoms with Crippen LogP contribution in [-0.2, 0) is 14.4 Å². The van der Waals surface area contributed by atoms with E-state index in [0.717, 1.165) is 4.90 Å². The zero-order valence-corrected chi connectivity index (χ0v) is 7.66. The summed E-state index contributed by atoms with van der Waals surface area (Å²) in [6.45, 7) is 1.54. The molecule has 1 rings (SSSR count). The highest BCUT2D eigenvalue weighted by Crippen LogP contribution is 2.14. The van der Waals surface area contributed by atoms with E-state index in [4.69, 9.17) is 0 Å². The maximum Gasteiger partial charge on any atom is 0.242 e. The molecule has 0 spiro atoms. The first-order valence-corrected chi connectivity index (χ1v) is 4.14. The molecule has 1 aliphatic rings. The second-order valence-electron chi connectivity index (χ2n) is 2.95. The molecule has 0 aromatic rings. The van der Waals surface area contributed by atoms with Gasteiger partial charge in [-0.15, -0.1) is 0 Å². The van der Waals surface area contributed by atoms with Crippen LogP contribution >= 0.6 is 0 Å². The highest BCUT2D eigenvalue weighted by Gasteiger charge is 2.35. The van der Waals surface area contributed by atoms with Crippen LogP contribution in [0.15, 0.2) is 0 Å². The molecule has 1 heterocycles. The van der Waals surface area contributed by atoms with Gasteiger partial charge in [-0.1, -0.05) is 0 Å². The number of hydrogen-bond donors (Lipinski definition) is 1. The average molecular weight is 184 g/mol. The first-order valence-electron chi connectivity index (χ1n) is 4.14. The van der Waals surface area contributed by atoms with Crippen molar-refractivity contribution in [3.63, 3.8) is 0 Å². The Hall–Kier alpha value is -1.39. The van der Waals surface area contributed by atoms with Crippen LogP contribution in [0.2, 0.25) is 0 Å². The van der Waals surface area contributed by atoms with Gasteiger partial charge in [-0.05, 0) is 6.92 Å². The van der Waals surface area contributed by atoms with E-state index in [1.54, 1.807) is 6.92 Å². The third-order valence-corrected chi connectivity index (χ3v) is 2.10. The van der Waals surface area contributed by atoms with E-state index in [-0.39, 0.29) is 30.6 Å². The molecular weight excluding hydrogens is 172 g/mol. The van der Waals surface area contributed by atoms with Gasteiger partial charge in [-0.3, -0.25) is 19.3 Å². The summed E-state index contributed by atoms with van der Waals surface area (Å²) in [5.74, 6) is -0.842. The Morgan fingerprint density at radius 2 is 1.85 bits per heavy atom. The molecule has 1 unspecified atom stereocenters. The smallest absolute Gasteiger partial charge is 0.242 e. The Labute approximate surface area is 76.1 Å². The molecule has 0 radical (unpaired) electrons. The number of rotatable bonds is 2. The van der Waals surface area contributed by atoms with Gasteiger partial charge in [-0.25, -0.2) is 0 Å². The van der Waals surface area contributed by atoms with Crippen LogP contribution in [0, 0.1) is 0 Å². The molecule has 0 saturated carbocycles. The summed E-state index contributed by atoms with van der Waals surface area (Å²) >= 11 is 0. The van der Waals surface area contributed by atoms with Crippen molar-refractivity contribution in [2.75, 3.05) is 7.05 Å².